The van der Waals surface area contributed by atoms with Crippen LogP contribution in [-0.2, 0) is 4.79 Å². The summed E-state index contributed by atoms with van der Waals surface area (Å²) in [4.78, 5) is 16.0. The molecule has 0 aliphatic heterocycles. The highest BCUT2D eigenvalue weighted by molar-refractivity contribution is 5.98. The van der Waals surface area contributed by atoms with Gasteiger partial charge in [0.1, 0.15) is 0 Å². The van der Waals surface area contributed by atoms with Crippen molar-refractivity contribution in [2.24, 2.45) is 11.7 Å². The van der Waals surface area contributed by atoms with E-state index in [2.05, 4.69) is 10.3 Å². The summed E-state index contributed by atoms with van der Waals surface area (Å²) in [7, 11) is 0. The highest BCUT2D eigenvalue weighted by Crippen LogP contribution is 2.38. The van der Waals surface area contributed by atoms with Crippen LogP contribution in [0.5, 0.6) is 0 Å². The van der Waals surface area contributed by atoms with E-state index >= 15 is 0 Å². The van der Waals surface area contributed by atoms with Crippen molar-refractivity contribution in [2.45, 2.75) is 32.2 Å². The van der Waals surface area contributed by atoms with Gasteiger partial charge < -0.3 is 11.1 Å². The molecule has 2 rings (SSSR count). The number of anilines is 1. The molecule has 0 aromatic carbocycles. The smallest absolute Gasteiger partial charge is 0.244 e. The zero-order valence-corrected chi connectivity index (χ0v) is 9.66. The van der Waals surface area contributed by atoms with Crippen molar-refractivity contribution in [1.82, 2.24) is 4.98 Å². The quantitative estimate of drug-likeness (QED) is 0.808. The number of hydrogen-bond donors (Lipinski definition) is 2. The molecule has 0 saturated heterocycles. The lowest BCUT2D eigenvalue weighted by atomic mass is 9.96. The van der Waals surface area contributed by atoms with E-state index < -0.39 is 5.54 Å². The van der Waals surface area contributed by atoms with Crippen LogP contribution in [0.15, 0.2) is 18.5 Å². The van der Waals surface area contributed by atoms with Gasteiger partial charge in [0.2, 0.25) is 5.91 Å². The Morgan fingerprint density at radius 3 is 2.81 bits per heavy atom. The van der Waals surface area contributed by atoms with Gasteiger partial charge in [0.15, 0.2) is 0 Å². The molecule has 1 aliphatic rings. The summed E-state index contributed by atoms with van der Waals surface area (Å²) < 4.78 is 0. The average molecular weight is 219 g/mol. The Bertz CT molecular complexity index is 410. The zero-order valence-electron chi connectivity index (χ0n) is 9.66. The maximum Gasteiger partial charge on any atom is 0.244 e. The fourth-order valence-corrected chi connectivity index (χ4v) is 1.76. The summed E-state index contributed by atoms with van der Waals surface area (Å²) >= 11 is 0. The van der Waals surface area contributed by atoms with Crippen molar-refractivity contribution >= 4 is 11.6 Å². The molecule has 4 nitrogen and oxygen atoms in total. The van der Waals surface area contributed by atoms with Crippen molar-refractivity contribution in [1.29, 1.82) is 0 Å². The van der Waals surface area contributed by atoms with Gasteiger partial charge in [-0.3, -0.25) is 9.78 Å². The minimum absolute atomic E-state index is 0.123. The second kappa shape index (κ2) is 3.87. The van der Waals surface area contributed by atoms with E-state index in [1.807, 2.05) is 13.0 Å². The third kappa shape index (κ3) is 2.22. The van der Waals surface area contributed by atoms with Crippen molar-refractivity contribution in [2.75, 3.05) is 5.32 Å². The van der Waals surface area contributed by atoms with E-state index in [0.717, 1.165) is 18.4 Å². The Hall–Kier alpha value is -1.42. The predicted molar refractivity (Wildman–Crippen MR) is 62.9 cm³/mol. The predicted octanol–water partition coefficient (Wildman–Crippen LogP) is 1.46. The molecule has 86 valence electrons. The van der Waals surface area contributed by atoms with Crippen LogP contribution in [0.1, 0.15) is 25.3 Å². The molecular formula is C12H17N3O. The van der Waals surface area contributed by atoms with Crippen LogP contribution in [0.25, 0.3) is 0 Å². The number of amides is 1. The first-order valence-electron chi connectivity index (χ1n) is 5.52. The van der Waals surface area contributed by atoms with Crippen LogP contribution in [0.4, 0.5) is 5.69 Å². The standard InChI is InChI=1S/C12H17N3O/c1-8-5-10(7-14-6-8)15-11(16)12(2,13)9-3-4-9/h5-7,9H,3-4,13H2,1-2H3,(H,15,16). The Balaban J connectivity index is 2.07. The number of rotatable bonds is 3. The maximum absolute atomic E-state index is 12.0. The number of aryl methyl sites for hydroxylation is 1. The van der Waals surface area contributed by atoms with E-state index in [4.69, 9.17) is 5.73 Å². The Morgan fingerprint density at radius 1 is 1.56 bits per heavy atom. The number of nitrogens with two attached hydrogens (primary N) is 1. The van der Waals surface area contributed by atoms with E-state index in [-0.39, 0.29) is 5.91 Å². The highest BCUT2D eigenvalue weighted by Gasteiger charge is 2.44. The summed E-state index contributed by atoms with van der Waals surface area (Å²) in [6.07, 6.45) is 5.48. The van der Waals surface area contributed by atoms with Gasteiger partial charge in [0, 0.05) is 6.20 Å². The van der Waals surface area contributed by atoms with Gasteiger partial charge in [0.05, 0.1) is 17.4 Å². The lowest BCUT2D eigenvalue weighted by Gasteiger charge is -2.23. The first-order valence-corrected chi connectivity index (χ1v) is 5.52. The Labute approximate surface area is 95.3 Å². The summed E-state index contributed by atoms with van der Waals surface area (Å²) in [5.74, 6) is 0.202. The SMILES string of the molecule is Cc1cncc(NC(=O)C(C)(N)C2CC2)c1. The van der Waals surface area contributed by atoms with Gasteiger partial charge in [-0.1, -0.05) is 0 Å². The first-order chi connectivity index (χ1) is 7.50. The molecule has 1 unspecified atom stereocenters. The van der Waals surface area contributed by atoms with Crippen molar-refractivity contribution in [3.63, 3.8) is 0 Å². The van der Waals surface area contributed by atoms with Gasteiger partial charge in [0.25, 0.3) is 0 Å². The number of aromatic nitrogens is 1. The Morgan fingerprint density at radius 2 is 2.25 bits per heavy atom. The third-order valence-electron chi connectivity index (χ3n) is 3.05. The topological polar surface area (TPSA) is 68.0 Å². The normalized spacial score (nSPS) is 18.9. The summed E-state index contributed by atoms with van der Waals surface area (Å²) in [6, 6.07) is 1.88. The molecule has 1 aromatic rings. The molecule has 1 fully saturated rings. The summed E-state index contributed by atoms with van der Waals surface area (Å²) in [5, 5.41) is 2.82. The number of hydrogen-bond acceptors (Lipinski definition) is 3. The van der Waals surface area contributed by atoms with Gasteiger partial charge in [-0.15, -0.1) is 0 Å². The van der Waals surface area contributed by atoms with E-state index in [1.165, 1.54) is 0 Å². The van der Waals surface area contributed by atoms with Crippen LogP contribution >= 0.6 is 0 Å². The monoisotopic (exact) mass is 219 g/mol. The summed E-state index contributed by atoms with van der Waals surface area (Å²) in [6.45, 7) is 3.73. The molecular weight excluding hydrogens is 202 g/mol. The van der Waals surface area contributed by atoms with Crippen LogP contribution in [-0.4, -0.2) is 16.4 Å². The molecule has 4 heteroatoms. The molecule has 1 aliphatic carbocycles. The Kier molecular flexibility index (Phi) is 2.68. The lowest BCUT2D eigenvalue weighted by Crippen LogP contribution is -2.50. The fourth-order valence-electron chi connectivity index (χ4n) is 1.76. The molecule has 0 radical (unpaired) electrons. The molecule has 0 spiro atoms. The van der Waals surface area contributed by atoms with Gasteiger partial charge in [-0.05, 0) is 44.2 Å². The molecule has 1 amide bonds. The van der Waals surface area contributed by atoms with Gasteiger partial charge >= 0.3 is 0 Å². The van der Waals surface area contributed by atoms with Crippen LogP contribution in [0, 0.1) is 12.8 Å². The third-order valence-corrected chi connectivity index (χ3v) is 3.05. The van der Waals surface area contributed by atoms with Crippen LogP contribution < -0.4 is 11.1 Å². The summed E-state index contributed by atoms with van der Waals surface area (Å²) in [5.41, 5.74) is 6.99. The lowest BCUT2D eigenvalue weighted by molar-refractivity contribution is -0.121. The molecule has 16 heavy (non-hydrogen) atoms. The second-order valence-corrected chi connectivity index (χ2v) is 4.76. The maximum atomic E-state index is 12.0. The number of nitrogens with one attached hydrogen (secondary N) is 1. The molecule has 0 bridgehead atoms. The first kappa shape index (κ1) is 11.1. The fraction of sp³-hybridized carbons (Fsp3) is 0.500. The van der Waals surface area contributed by atoms with Crippen molar-refractivity contribution in [3.8, 4) is 0 Å². The van der Waals surface area contributed by atoms with Crippen LogP contribution in [0.3, 0.4) is 0 Å². The van der Waals surface area contributed by atoms with Crippen molar-refractivity contribution in [3.05, 3.63) is 24.0 Å². The van der Waals surface area contributed by atoms with E-state index in [9.17, 15) is 4.79 Å². The zero-order chi connectivity index (χ0) is 11.8. The minimum atomic E-state index is -0.760. The molecule has 3 N–H and O–H groups in total. The van der Waals surface area contributed by atoms with Crippen molar-refractivity contribution < 1.29 is 4.79 Å². The van der Waals surface area contributed by atoms with Crippen LogP contribution in [0.2, 0.25) is 0 Å². The highest BCUT2D eigenvalue weighted by atomic mass is 16.2. The van der Waals surface area contributed by atoms with E-state index in [1.54, 1.807) is 19.3 Å². The average Bonchev–Trinajstić information content (AvgIpc) is 3.00. The largest absolute Gasteiger partial charge is 0.323 e. The van der Waals surface area contributed by atoms with Gasteiger partial charge in [-0.2, -0.15) is 0 Å². The van der Waals surface area contributed by atoms with Gasteiger partial charge in [-0.25, -0.2) is 0 Å². The molecule has 1 aromatic heterocycles. The number of carbonyl (C=O) groups excluding carboxylic acids is 1. The van der Waals surface area contributed by atoms with E-state index in [0.29, 0.717) is 11.6 Å². The molecule has 1 atom stereocenters. The number of pyridine rings is 1. The number of carbonyl (C=O) groups is 1. The molecule has 1 heterocycles. The number of nitrogens with zero attached hydrogens (tertiary/aromatic N) is 1. The second-order valence-electron chi connectivity index (χ2n) is 4.76. The molecule has 1 saturated carbocycles. The minimum Gasteiger partial charge on any atom is -0.323 e.